The first-order valence-corrected chi connectivity index (χ1v) is 9.06. The van der Waals surface area contributed by atoms with E-state index in [-0.39, 0.29) is 17.9 Å². The summed E-state index contributed by atoms with van der Waals surface area (Å²) in [6.45, 7) is 7.98. The van der Waals surface area contributed by atoms with Crippen LogP contribution in [0.1, 0.15) is 66.2 Å². The summed E-state index contributed by atoms with van der Waals surface area (Å²) < 4.78 is 6.01. The van der Waals surface area contributed by atoms with Crippen LogP contribution in [0.4, 0.5) is 0 Å². The van der Waals surface area contributed by atoms with Gasteiger partial charge in [-0.1, -0.05) is 13.8 Å². The fourth-order valence-corrected chi connectivity index (χ4v) is 3.73. The summed E-state index contributed by atoms with van der Waals surface area (Å²) in [6.07, 6.45) is 7.38. The van der Waals surface area contributed by atoms with Crippen molar-refractivity contribution in [2.75, 3.05) is 13.7 Å². The molecule has 3 aliphatic carbocycles. The van der Waals surface area contributed by atoms with Gasteiger partial charge in [0.05, 0.1) is 12.7 Å². The molecule has 3 rings (SSSR count). The molecule has 5 heteroatoms. The van der Waals surface area contributed by atoms with E-state index in [1.807, 2.05) is 20.8 Å². The average Bonchev–Trinajstić information content (AvgIpc) is 2.60. The molecule has 0 aliphatic heterocycles. The van der Waals surface area contributed by atoms with Gasteiger partial charge in [0.25, 0.3) is 0 Å². The number of amides is 2. The summed E-state index contributed by atoms with van der Waals surface area (Å²) >= 11 is 0. The molecule has 2 atom stereocenters. The maximum absolute atomic E-state index is 11.9. The summed E-state index contributed by atoms with van der Waals surface area (Å²) in [5.41, 5.74) is 0.312. The molecule has 2 bridgehead atoms. The highest BCUT2D eigenvalue weighted by Crippen LogP contribution is 2.50. The van der Waals surface area contributed by atoms with Crippen molar-refractivity contribution < 1.29 is 14.3 Å². The fraction of sp³-hybridized carbons (Fsp3) is 0.889. The lowest BCUT2D eigenvalue weighted by atomic mass is 9.61. The van der Waals surface area contributed by atoms with Gasteiger partial charge in [-0.2, -0.15) is 0 Å². The largest absolute Gasteiger partial charge is 0.375 e. The van der Waals surface area contributed by atoms with E-state index < -0.39 is 6.04 Å². The van der Waals surface area contributed by atoms with Crippen LogP contribution in [0.3, 0.4) is 0 Å². The second-order valence-electron chi connectivity index (χ2n) is 6.79. The zero-order chi connectivity index (χ0) is 17.5. The van der Waals surface area contributed by atoms with Crippen molar-refractivity contribution in [2.24, 2.45) is 11.3 Å². The molecule has 0 radical (unpaired) electrons. The number of likely N-dealkylation sites (N-methyl/N-ethyl adjacent to an activating group) is 1. The second kappa shape index (κ2) is 9.26. The van der Waals surface area contributed by atoms with Crippen LogP contribution >= 0.6 is 0 Å². The predicted octanol–water partition coefficient (Wildman–Crippen LogP) is 2.64. The van der Waals surface area contributed by atoms with Gasteiger partial charge < -0.3 is 15.4 Å². The maximum Gasteiger partial charge on any atom is 0.245 e. The van der Waals surface area contributed by atoms with E-state index in [1.165, 1.54) is 45.4 Å². The Morgan fingerprint density at radius 1 is 1.17 bits per heavy atom. The van der Waals surface area contributed by atoms with E-state index in [9.17, 15) is 9.59 Å². The van der Waals surface area contributed by atoms with Gasteiger partial charge in [0.15, 0.2) is 0 Å². The third kappa shape index (κ3) is 5.48. The van der Waals surface area contributed by atoms with Crippen molar-refractivity contribution in [2.45, 2.75) is 78.4 Å². The highest BCUT2D eigenvalue weighted by molar-refractivity contribution is 5.87. The highest BCUT2D eigenvalue weighted by Gasteiger charge is 2.41. The van der Waals surface area contributed by atoms with E-state index in [4.69, 9.17) is 4.74 Å². The van der Waals surface area contributed by atoms with Crippen molar-refractivity contribution >= 4 is 11.8 Å². The van der Waals surface area contributed by atoms with E-state index in [1.54, 1.807) is 7.05 Å². The fourth-order valence-electron chi connectivity index (χ4n) is 3.73. The Kier molecular flexibility index (Phi) is 8.03. The lowest BCUT2D eigenvalue weighted by Crippen LogP contribution is -2.52. The van der Waals surface area contributed by atoms with Crippen LogP contribution in [-0.2, 0) is 14.3 Å². The standard InChI is InChI=1S/C16H28N2O3.C2H6/c1-11(14(15(20)17-3)18-12(2)19)21-10-16-7-4-13(5-8-16)6-9-16;1-2/h11,13-14H,4-10H2,1-3H3,(H,17,20)(H,18,19);1-2H3. The molecular formula is C18H34N2O3. The van der Waals surface area contributed by atoms with Gasteiger partial charge in [-0.3, -0.25) is 9.59 Å². The van der Waals surface area contributed by atoms with Crippen molar-refractivity contribution in [3.63, 3.8) is 0 Å². The summed E-state index contributed by atoms with van der Waals surface area (Å²) in [4.78, 5) is 23.2. The Labute approximate surface area is 140 Å². The highest BCUT2D eigenvalue weighted by atomic mass is 16.5. The Hall–Kier alpha value is -1.10. The zero-order valence-electron chi connectivity index (χ0n) is 15.4. The van der Waals surface area contributed by atoms with Gasteiger partial charge in [-0.05, 0) is 56.8 Å². The molecule has 23 heavy (non-hydrogen) atoms. The molecule has 5 nitrogen and oxygen atoms in total. The topological polar surface area (TPSA) is 67.4 Å². The SMILES string of the molecule is CC.CNC(=O)C(NC(C)=O)C(C)OCC12CCC(CC1)CC2. The molecule has 2 N–H and O–H groups in total. The van der Waals surface area contributed by atoms with Crippen LogP contribution in [0.2, 0.25) is 0 Å². The van der Waals surface area contributed by atoms with Crippen LogP contribution in [-0.4, -0.2) is 37.6 Å². The molecule has 0 aromatic carbocycles. The number of nitrogens with one attached hydrogen (secondary N) is 2. The average molecular weight is 326 g/mol. The summed E-state index contributed by atoms with van der Waals surface area (Å²) in [7, 11) is 1.57. The predicted molar refractivity (Wildman–Crippen MR) is 92.1 cm³/mol. The lowest BCUT2D eigenvalue weighted by Gasteiger charge is -2.46. The third-order valence-corrected chi connectivity index (χ3v) is 5.26. The minimum absolute atomic E-state index is 0.206. The molecule has 134 valence electrons. The summed E-state index contributed by atoms with van der Waals surface area (Å²) in [5, 5.41) is 5.27. The van der Waals surface area contributed by atoms with Crippen LogP contribution in [0.5, 0.6) is 0 Å². The Balaban J connectivity index is 0.00000127. The Bertz CT molecular complexity index is 376. The third-order valence-electron chi connectivity index (χ3n) is 5.26. The first kappa shape index (κ1) is 19.9. The number of carbonyl (C=O) groups excluding carboxylic acids is 2. The van der Waals surface area contributed by atoms with Gasteiger partial charge in [0.1, 0.15) is 6.04 Å². The lowest BCUT2D eigenvalue weighted by molar-refractivity contribution is -0.133. The van der Waals surface area contributed by atoms with Crippen LogP contribution in [0.15, 0.2) is 0 Å². The first-order valence-electron chi connectivity index (χ1n) is 9.06. The number of ether oxygens (including phenoxy) is 1. The van der Waals surface area contributed by atoms with Crippen LogP contribution < -0.4 is 10.6 Å². The maximum atomic E-state index is 11.9. The van der Waals surface area contributed by atoms with E-state index in [2.05, 4.69) is 10.6 Å². The quantitative estimate of drug-likeness (QED) is 0.788. The number of carbonyl (C=O) groups is 2. The zero-order valence-corrected chi connectivity index (χ0v) is 15.4. The second-order valence-corrected chi connectivity index (χ2v) is 6.79. The molecule has 2 amide bonds. The van der Waals surface area contributed by atoms with Crippen LogP contribution in [0.25, 0.3) is 0 Å². The van der Waals surface area contributed by atoms with Crippen LogP contribution in [0, 0.1) is 11.3 Å². The van der Waals surface area contributed by atoms with Gasteiger partial charge in [0, 0.05) is 14.0 Å². The Morgan fingerprint density at radius 3 is 2.13 bits per heavy atom. The van der Waals surface area contributed by atoms with E-state index in [0.29, 0.717) is 12.0 Å². The van der Waals surface area contributed by atoms with Crippen molar-refractivity contribution in [1.29, 1.82) is 0 Å². The first-order chi connectivity index (χ1) is 11.0. The van der Waals surface area contributed by atoms with Gasteiger partial charge >= 0.3 is 0 Å². The van der Waals surface area contributed by atoms with E-state index >= 15 is 0 Å². The van der Waals surface area contributed by atoms with Gasteiger partial charge in [0.2, 0.25) is 11.8 Å². The minimum atomic E-state index is -0.621. The van der Waals surface area contributed by atoms with Gasteiger partial charge in [-0.25, -0.2) is 0 Å². The number of rotatable bonds is 6. The van der Waals surface area contributed by atoms with E-state index in [0.717, 1.165) is 5.92 Å². The normalized spacial score (nSPS) is 28.1. The molecule has 3 saturated carbocycles. The molecule has 2 unspecified atom stereocenters. The van der Waals surface area contributed by atoms with Crippen molar-refractivity contribution in [3.8, 4) is 0 Å². The molecular weight excluding hydrogens is 292 g/mol. The van der Waals surface area contributed by atoms with Crippen molar-refractivity contribution in [3.05, 3.63) is 0 Å². The number of hydrogen-bond donors (Lipinski definition) is 2. The molecule has 0 heterocycles. The summed E-state index contributed by atoms with van der Waals surface area (Å²) in [5.74, 6) is 0.514. The number of fused-ring (bicyclic) bond motifs is 3. The monoisotopic (exact) mass is 326 g/mol. The Morgan fingerprint density at radius 2 is 1.70 bits per heavy atom. The summed E-state index contributed by atoms with van der Waals surface area (Å²) in [6, 6.07) is -0.621. The molecule has 0 aromatic heterocycles. The smallest absolute Gasteiger partial charge is 0.245 e. The molecule has 3 fully saturated rings. The number of hydrogen-bond acceptors (Lipinski definition) is 3. The molecule has 0 aromatic rings. The molecule has 3 aliphatic rings. The molecule has 0 spiro atoms. The minimum Gasteiger partial charge on any atom is -0.375 e. The van der Waals surface area contributed by atoms with Crippen molar-refractivity contribution in [1.82, 2.24) is 10.6 Å². The molecule has 0 saturated heterocycles. The van der Waals surface area contributed by atoms with Gasteiger partial charge in [-0.15, -0.1) is 0 Å².